The number of benzene rings is 2. The summed E-state index contributed by atoms with van der Waals surface area (Å²) in [6.45, 7) is 6.19. The monoisotopic (exact) mass is 559 g/mol. The average molecular weight is 559 g/mol. The van der Waals surface area contributed by atoms with Gasteiger partial charge in [-0.3, -0.25) is 0 Å². The van der Waals surface area contributed by atoms with Gasteiger partial charge in [-0.1, -0.05) is 62.8 Å². The number of hydrogen-bond donors (Lipinski definition) is 0. The van der Waals surface area contributed by atoms with Gasteiger partial charge >= 0.3 is 25.8 Å². The summed E-state index contributed by atoms with van der Waals surface area (Å²) in [6, 6.07) is 19.3. The van der Waals surface area contributed by atoms with E-state index in [0.29, 0.717) is 6.42 Å². The van der Waals surface area contributed by atoms with Gasteiger partial charge in [-0.15, -0.1) is 39.7 Å². The van der Waals surface area contributed by atoms with Crippen LogP contribution in [0.3, 0.4) is 0 Å². The second kappa shape index (κ2) is 16.9. The third kappa shape index (κ3) is 10.2. The van der Waals surface area contributed by atoms with Crippen molar-refractivity contribution in [3.63, 3.8) is 0 Å². The maximum absolute atomic E-state index is 9.71. The molecule has 1 N–H and O–H groups in total. The summed E-state index contributed by atoms with van der Waals surface area (Å²) in [5, 5.41) is 5.39. The Labute approximate surface area is 184 Å². The molecule has 6 heteroatoms. The molecule has 3 rings (SSSR count). The quantitative estimate of drug-likeness (QED) is 0.319. The molecule has 0 spiro atoms. The van der Waals surface area contributed by atoms with Gasteiger partial charge in [0.25, 0.3) is 0 Å². The van der Waals surface area contributed by atoms with Gasteiger partial charge in [-0.2, -0.15) is 0 Å². The largest absolute Gasteiger partial charge is 4.00 e. The zero-order valence-corrected chi connectivity index (χ0v) is 20.9. The third-order valence-corrected chi connectivity index (χ3v) is 3.00. The van der Waals surface area contributed by atoms with Crippen molar-refractivity contribution < 1.29 is 55.5 Å². The molecule has 25 heavy (non-hydrogen) atoms. The summed E-state index contributed by atoms with van der Waals surface area (Å²) < 4.78 is 0. The van der Waals surface area contributed by atoms with E-state index in [4.69, 9.17) is 5.73 Å². The molecular weight excluding hydrogens is 536 g/mol. The summed E-state index contributed by atoms with van der Waals surface area (Å²) in [6.07, 6.45) is 1.20. The van der Waals surface area contributed by atoms with Crippen molar-refractivity contribution in [3.8, 4) is 0 Å². The molecule has 3 aromatic carbocycles. The minimum absolute atomic E-state index is 0. The van der Waals surface area contributed by atoms with E-state index in [0.717, 1.165) is 15.9 Å². The number of carbonyl (C=O) groups is 1. The van der Waals surface area contributed by atoms with Crippen molar-refractivity contribution in [2.75, 3.05) is 0 Å². The molecular formula is C19H23Cl2HfNOSi. The van der Waals surface area contributed by atoms with E-state index in [1.54, 1.807) is 0 Å². The summed E-state index contributed by atoms with van der Waals surface area (Å²) in [5.41, 5.74) is 6.34. The predicted molar refractivity (Wildman–Crippen MR) is 98.8 cm³/mol. The number of hydrogen-bond acceptors (Lipinski definition) is 1. The Bertz CT molecular complexity index is 668. The van der Waals surface area contributed by atoms with Gasteiger partial charge in [0, 0.05) is 15.4 Å². The first kappa shape index (κ1) is 29.2. The van der Waals surface area contributed by atoms with Crippen LogP contribution < -0.4 is 24.8 Å². The second-order valence-corrected chi connectivity index (χ2v) is 5.99. The second-order valence-electron chi connectivity index (χ2n) is 4.99. The summed E-state index contributed by atoms with van der Waals surface area (Å²) in [7, 11) is 1.08. The fraction of sp³-hybridized carbons (Fsp3) is 0.263. The Kier molecular flexibility index (Phi) is 19.7. The topological polar surface area (TPSA) is 40.9 Å². The summed E-state index contributed by atoms with van der Waals surface area (Å²) in [5.74, 6) is -0.461. The summed E-state index contributed by atoms with van der Waals surface area (Å²) >= 11 is 0. The molecule has 0 unspecified atom stereocenters. The first-order valence-corrected chi connectivity index (χ1v) is 9.50. The fourth-order valence-electron chi connectivity index (χ4n) is 2.13. The van der Waals surface area contributed by atoms with Crippen LogP contribution in [0.4, 0.5) is 0 Å². The number of fused-ring (bicyclic) bond motifs is 3. The maximum atomic E-state index is 9.71. The molecule has 3 aromatic rings. The molecule has 0 aliphatic heterocycles. The molecule has 0 bridgehead atoms. The first-order valence-electron chi connectivity index (χ1n) is 7.50. The van der Waals surface area contributed by atoms with E-state index >= 15 is 0 Å². The molecule has 2 radical (unpaired) electrons. The number of amides is 1. The number of carbonyl (C=O) groups excluding carboxylic acids is 1. The zero-order valence-electron chi connectivity index (χ0n) is 14.8. The van der Waals surface area contributed by atoms with Gasteiger partial charge in [0.1, 0.15) is 0 Å². The minimum Gasteiger partial charge on any atom is -1.00 e. The molecule has 0 heterocycles. The molecule has 2 nitrogen and oxygen atoms in total. The normalized spacial score (nSPS) is 8.44. The third-order valence-electron chi connectivity index (χ3n) is 3.00. The molecule has 0 aromatic heterocycles. The first-order chi connectivity index (χ1) is 10.6. The molecule has 0 atom stereocenters. The fourth-order valence-corrected chi connectivity index (χ4v) is 2.13. The van der Waals surface area contributed by atoms with Crippen molar-refractivity contribution >= 4 is 37.0 Å². The van der Waals surface area contributed by atoms with Crippen LogP contribution in [-0.2, 0) is 30.6 Å². The van der Waals surface area contributed by atoms with Crippen LogP contribution >= 0.6 is 0 Å². The predicted octanol–water partition coefficient (Wildman–Crippen LogP) is -0.130. The van der Waals surface area contributed by atoms with E-state index < -0.39 is 5.91 Å². The van der Waals surface area contributed by atoms with Crippen molar-refractivity contribution in [2.24, 2.45) is 0 Å². The Hall–Kier alpha value is -0.553. The zero-order chi connectivity index (χ0) is 16.4. The minimum atomic E-state index is -0.461. The maximum Gasteiger partial charge on any atom is 4.00 e. The van der Waals surface area contributed by atoms with E-state index in [9.17, 15) is 4.79 Å². The molecule has 0 aliphatic carbocycles. The van der Waals surface area contributed by atoms with Crippen molar-refractivity contribution in [2.45, 2.75) is 32.9 Å². The van der Waals surface area contributed by atoms with Gasteiger partial charge in [-0.05, 0) is 6.42 Å². The SMILES string of the molecule is CCCC([NH-])=O.C[Si]C.[Cl-].[Cl-].[Hf+4].c1ccc2c(c1)[cH-]c1ccccc12. The van der Waals surface area contributed by atoms with Crippen LogP contribution in [0.2, 0.25) is 13.1 Å². The number of nitrogens with one attached hydrogen (secondary N) is 1. The molecule has 1 amide bonds. The van der Waals surface area contributed by atoms with E-state index in [1.165, 1.54) is 21.5 Å². The van der Waals surface area contributed by atoms with E-state index in [1.807, 2.05) is 6.92 Å². The van der Waals surface area contributed by atoms with E-state index in [2.05, 4.69) is 67.7 Å². The smallest absolute Gasteiger partial charge is 1.00 e. The Morgan fingerprint density at radius 1 is 0.960 bits per heavy atom. The van der Waals surface area contributed by atoms with Crippen molar-refractivity contribution in [3.05, 3.63) is 60.3 Å². The van der Waals surface area contributed by atoms with Crippen LogP contribution in [0, 0.1) is 0 Å². The van der Waals surface area contributed by atoms with Gasteiger partial charge in [-0.25, -0.2) is 0 Å². The molecule has 0 fully saturated rings. The number of halogens is 2. The van der Waals surface area contributed by atoms with Gasteiger partial charge in [0.15, 0.2) is 0 Å². The van der Waals surface area contributed by atoms with Crippen LogP contribution in [-0.4, -0.2) is 15.4 Å². The molecule has 0 aliphatic rings. The number of rotatable bonds is 2. The van der Waals surface area contributed by atoms with Crippen LogP contribution in [0.25, 0.3) is 27.3 Å². The Morgan fingerprint density at radius 2 is 1.32 bits per heavy atom. The van der Waals surface area contributed by atoms with Crippen molar-refractivity contribution in [1.29, 1.82) is 0 Å². The van der Waals surface area contributed by atoms with Crippen LogP contribution in [0.5, 0.6) is 0 Å². The van der Waals surface area contributed by atoms with Gasteiger partial charge in [0.2, 0.25) is 0 Å². The van der Waals surface area contributed by atoms with Gasteiger partial charge in [0.05, 0.1) is 0 Å². The average Bonchev–Trinajstić information content (AvgIpc) is 2.87. The van der Waals surface area contributed by atoms with Crippen molar-refractivity contribution in [1.82, 2.24) is 0 Å². The molecule has 0 saturated heterocycles. The Morgan fingerprint density at radius 3 is 1.60 bits per heavy atom. The summed E-state index contributed by atoms with van der Waals surface area (Å²) in [4.78, 5) is 9.71. The molecule has 0 saturated carbocycles. The standard InChI is InChI=1S/C13H9.C4H9NO.C2H6Si.2ClH.Hf/c1-3-7-12-10(5-1)9-11-6-2-4-8-13(11)12;1-2-3-4(5)6;1-3-2;;;/h1-9H;2-3H2,1H3,(H2,5,6);1-2H3;2*1H;/q-1;;;;;+4/p-3. The van der Waals surface area contributed by atoms with Crippen LogP contribution in [0.15, 0.2) is 54.6 Å². The van der Waals surface area contributed by atoms with Crippen LogP contribution in [0.1, 0.15) is 19.8 Å². The Balaban J connectivity index is -0.000000353. The molecule has 132 valence electrons. The van der Waals surface area contributed by atoms with Gasteiger partial charge < -0.3 is 35.3 Å². The van der Waals surface area contributed by atoms with E-state index in [-0.39, 0.29) is 50.7 Å².